The molecule has 0 saturated heterocycles. The van der Waals surface area contributed by atoms with Crippen molar-refractivity contribution in [3.8, 4) is 11.5 Å². The number of rotatable bonds is 7. The normalized spacial score (nSPS) is 11.0. The smallest absolute Gasteiger partial charge is 0.175 e. The predicted molar refractivity (Wildman–Crippen MR) is 114 cm³/mol. The lowest BCUT2D eigenvalue weighted by atomic mass is 10.1. The molecule has 0 aliphatic carbocycles. The Morgan fingerprint density at radius 2 is 1.87 bits per heavy atom. The quantitative estimate of drug-likeness (QED) is 0.479. The molecule has 0 aliphatic heterocycles. The minimum atomic E-state index is -0.256. The number of anilines is 1. The number of nitrogens with zero attached hydrogens (tertiary/aromatic N) is 4. The highest BCUT2D eigenvalue weighted by Crippen LogP contribution is 2.38. The Kier molecular flexibility index (Phi) is 5.71. The van der Waals surface area contributed by atoms with Crippen LogP contribution < -0.4 is 15.2 Å². The van der Waals surface area contributed by atoms with Crippen molar-refractivity contribution < 1.29 is 13.9 Å². The number of benzene rings is 2. The molecule has 0 unspecified atom stereocenters. The van der Waals surface area contributed by atoms with Crippen LogP contribution in [0.25, 0.3) is 11.2 Å². The van der Waals surface area contributed by atoms with Crippen LogP contribution in [-0.2, 0) is 13.0 Å². The van der Waals surface area contributed by atoms with Crippen LogP contribution in [0, 0.1) is 5.82 Å². The zero-order valence-electron chi connectivity index (χ0n) is 16.5. The Hall–Kier alpha value is -3.33. The first-order valence-corrected chi connectivity index (χ1v) is 10.0. The van der Waals surface area contributed by atoms with Gasteiger partial charge >= 0.3 is 0 Å². The van der Waals surface area contributed by atoms with Crippen LogP contribution in [-0.4, -0.2) is 33.7 Å². The van der Waals surface area contributed by atoms with Gasteiger partial charge in [-0.1, -0.05) is 12.1 Å². The van der Waals surface area contributed by atoms with Crippen LogP contribution in [0.5, 0.6) is 11.5 Å². The van der Waals surface area contributed by atoms with Gasteiger partial charge in [-0.25, -0.2) is 19.3 Å². The van der Waals surface area contributed by atoms with E-state index in [9.17, 15) is 4.39 Å². The second-order valence-corrected chi connectivity index (χ2v) is 7.48. The van der Waals surface area contributed by atoms with Crippen LogP contribution in [0.15, 0.2) is 58.8 Å². The number of halogens is 1. The molecule has 154 valence electrons. The first kappa shape index (κ1) is 20.0. The van der Waals surface area contributed by atoms with E-state index in [-0.39, 0.29) is 5.82 Å². The molecule has 0 bridgehead atoms. The molecule has 2 aromatic heterocycles. The lowest BCUT2D eigenvalue weighted by Gasteiger charge is -2.12. The number of aromatic nitrogens is 4. The molecule has 0 spiro atoms. The standard InChI is InChI=1S/C21H20FN5O2S/c1-28-15-7-8-16(29-2)17(11-15)30-21-26-18-19(23)24-12-25-20(18)27(21)10-9-13-3-5-14(22)6-4-13/h3-8,11-12H,9-10H2,1-2H3,(H2,23,24,25). The monoisotopic (exact) mass is 425 g/mol. The molecule has 7 nitrogen and oxygen atoms in total. The van der Waals surface area contributed by atoms with Gasteiger partial charge in [-0.3, -0.25) is 0 Å². The number of fused-ring (bicyclic) bond motifs is 1. The van der Waals surface area contributed by atoms with E-state index in [1.165, 1.54) is 30.2 Å². The van der Waals surface area contributed by atoms with Crippen LogP contribution in [0.1, 0.15) is 5.56 Å². The zero-order chi connectivity index (χ0) is 21.1. The Balaban J connectivity index is 1.73. The third-order valence-electron chi connectivity index (χ3n) is 4.63. The summed E-state index contributed by atoms with van der Waals surface area (Å²) in [5.74, 6) is 1.48. The van der Waals surface area contributed by atoms with E-state index >= 15 is 0 Å². The van der Waals surface area contributed by atoms with Crippen LogP contribution >= 0.6 is 11.8 Å². The number of ether oxygens (including phenoxy) is 2. The zero-order valence-corrected chi connectivity index (χ0v) is 17.3. The van der Waals surface area contributed by atoms with Crippen molar-refractivity contribution >= 4 is 28.7 Å². The van der Waals surface area contributed by atoms with Gasteiger partial charge in [0, 0.05) is 6.54 Å². The van der Waals surface area contributed by atoms with Crippen molar-refractivity contribution in [3.63, 3.8) is 0 Å². The Labute approximate surface area is 177 Å². The van der Waals surface area contributed by atoms with Crippen molar-refractivity contribution in [2.75, 3.05) is 20.0 Å². The second-order valence-electron chi connectivity index (χ2n) is 6.47. The number of imidazole rings is 1. The Bertz CT molecular complexity index is 1180. The number of nitrogen functional groups attached to an aromatic ring is 1. The van der Waals surface area contributed by atoms with E-state index in [0.29, 0.717) is 46.6 Å². The highest BCUT2D eigenvalue weighted by Gasteiger charge is 2.18. The molecule has 0 atom stereocenters. The summed E-state index contributed by atoms with van der Waals surface area (Å²) in [7, 11) is 3.23. The molecule has 4 rings (SSSR count). The lowest BCUT2D eigenvalue weighted by molar-refractivity contribution is 0.394. The molecular formula is C21H20FN5O2S. The van der Waals surface area contributed by atoms with Crippen molar-refractivity contribution in [2.45, 2.75) is 23.0 Å². The van der Waals surface area contributed by atoms with Crippen LogP contribution in [0.2, 0.25) is 0 Å². The molecule has 0 aliphatic rings. The van der Waals surface area contributed by atoms with Gasteiger partial charge in [-0.2, -0.15) is 0 Å². The number of nitrogens with two attached hydrogens (primary N) is 1. The molecule has 30 heavy (non-hydrogen) atoms. The summed E-state index contributed by atoms with van der Waals surface area (Å²) in [6.07, 6.45) is 2.10. The minimum absolute atomic E-state index is 0.256. The molecule has 2 N–H and O–H groups in total. The highest BCUT2D eigenvalue weighted by atomic mass is 32.2. The average Bonchev–Trinajstić information content (AvgIpc) is 3.11. The first-order chi connectivity index (χ1) is 14.6. The van der Waals surface area contributed by atoms with E-state index < -0.39 is 0 Å². The third-order valence-corrected chi connectivity index (χ3v) is 5.67. The number of methoxy groups -OCH3 is 2. The average molecular weight is 425 g/mol. The SMILES string of the molecule is COc1ccc(OC)c(Sc2nc3c(N)ncnc3n2CCc2ccc(F)cc2)c1. The van der Waals surface area contributed by atoms with Gasteiger partial charge in [0.15, 0.2) is 22.1 Å². The van der Waals surface area contributed by atoms with Gasteiger partial charge in [0.05, 0.1) is 19.1 Å². The molecule has 4 aromatic rings. The van der Waals surface area contributed by atoms with E-state index in [0.717, 1.165) is 10.5 Å². The van der Waals surface area contributed by atoms with Gasteiger partial charge in [-0.15, -0.1) is 0 Å². The summed E-state index contributed by atoms with van der Waals surface area (Å²) in [5.41, 5.74) is 8.23. The largest absolute Gasteiger partial charge is 0.497 e. The molecule has 9 heteroatoms. The Morgan fingerprint density at radius 1 is 1.07 bits per heavy atom. The minimum Gasteiger partial charge on any atom is -0.497 e. The summed E-state index contributed by atoms with van der Waals surface area (Å²) in [5, 5.41) is 0.700. The van der Waals surface area contributed by atoms with Gasteiger partial charge < -0.3 is 19.8 Å². The van der Waals surface area contributed by atoms with Crippen LogP contribution in [0.3, 0.4) is 0 Å². The fourth-order valence-electron chi connectivity index (χ4n) is 3.07. The maximum absolute atomic E-state index is 13.2. The molecule has 2 heterocycles. The summed E-state index contributed by atoms with van der Waals surface area (Å²) < 4.78 is 26.0. The topological polar surface area (TPSA) is 88.1 Å². The summed E-state index contributed by atoms with van der Waals surface area (Å²) in [6, 6.07) is 12.0. The van der Waals surface area contributed by atoms with Crippen molar-refractivity contribution in [1.82, 2.24) is 19.5 Å². The number of hydrogen-bond acceptors (Lipinski definition) is 7. The van der Waals surface area contributed by atoms with Gasteiger partial charge in [0.1, 0.15) is 23.6 Å². The van der Waals surface area contributed by atoms with Gasteiger partial charge in [0.25, 0.3) is 0 Å². The second kappa shape index (κ2) is 8.58. The predicted octanol–water partition coefficient (Wildman–Crippen LogP) is 3.96. The Morgan fingerprint density at radius 3 is 2.60 bits per heavy atom. The van der Waals surface area contributed by atoms with Crippen molar-refractivity contribution in [2.24, 2.45) is 0 Å². The van der Waals surface area contributed by atoms with E-state index in [4.69, 9.17) is 15.2 Å². The van der Waals surface area contributed by atoms with E-state index in [1.54, 1.807) is 26.4 Å². The third kappa shape index (κ3) is 4.02. The fourth-order valence-corrected chi connectivity index (χ4v) is 4.12. The summed E-state index contributed by atoms with van der Waals surface area (Å²) >= 11 is 1.43. The van der Waals surface area contributed by atoms with Crippen molar-refractivity contribution in [3.05, 3.63) is 60.2 Å². The number of aryl methyl sites for hydroxylation is 2. The first-order valence-electron chi connectivity index (χ1n) is 9.20. The van der Waals surface area contributed by atoms with Crippen molar-refractivity contribution in [1.29, 1.82) is 0 Å². The van der Waals surface area contributed by atoms with Gasteiger partial charge in [-0.05, 0) is 54.1 Å². The van der Waals surface area contributed by atoms with Crippen LogP contribution in [0.4, 0.5) is 10.2 Å². The molecule has 0 saturated carbocycles. The number of hydrogen-bond donors (Lipinski definition) is 1. The maximum Gasteiger partial charge on any atom is 0.175 e. The molecule has 0 amide bonds. The van der Waals surface area contributed by atoms with E-state index in [1.807, 2.05) is 22.8 Å². The summed E-state index contributed by atoms with van der Waals surface area (Å²) in [4.78, 5) is 14.0. The fraction of sp³-hybridized carbons (Fsp3) is 0.190. The molecule has 2 aromatic carbocycles. The summed E-state index contributed by atoms with van der Waals surface area (Å²) in [6.45, 7) is 0.590. The lowest BCUT2D eigenvalue weighted by Crippen LogP contribution is -2.04. The van der Waals surface area contributed by atoms with E-state index in [2.05, 4.69) is 15.0 Å². The molecule has 0 radical (unpaired) electrons. The molecular weight excluding hydrogens is 405 g/mol. The highest BCUT2D eigenvalue weighted by molar-refractivity contribution is 7.99. The maximum atomic E-state index is 13.2. The van der Waals surface area contributed by atoms with Gasteiger partial charge in [0.2, 0.25) is 0 Å². The molecule has 0 fully saturated rings.